The molecule has 1 N–H and O–H groups in total. The summed E-state index contributed by atoms with van der Waals surface area (Å²) in [5.41, 5.74) is 3.78. The molecule has 0 aliphatic heterocycles. The number of hydrogen-bond donors (Lipinski definition) is 1. The SMILES string of the molecule is Cc1ccc(C(C)NCCc2ccn(C)n2)cc1. The van der Waals surface area contributed by atoms with Gasteiger partial charge in [-0.2, -0.15) is 5.10 Å². The van der Waals surface area contributed by atoms with Crippen LogP contribution in [0.3, 0.4) is 0 Å². The standard InChI is InChI=1S/C15H21N3/c1-12-4-6-14(7-5-12)13(2)16-10-8-15-9-11-18(3)17-15/h4-7,9,11,13,16H,8,10H2,1-3H3. The van der Waals surface area contributed by atoms with Gasteiger partial charge >= 0.3 is 0 Å². The van der Waals surface area contributed by atoms with Crippen LogP contribution in [0.25, 0.3) is 0 Å². The van der Waals surface area contributed by atoms with Gasteiger partial charge in [0.2, 0.25) is 0 Å². The molecular formula is C15H21N3. The molecule has 0 fully saturated rings. The normalized spacial score (nSPS) is 12.6. The molecule has 0 radical (unpaired) electrons. The van der Waals surface area contributed by atoms with E-state index in [1.165, 1.54) is 11.1 Å². The van der Waals surface area contributed by atoms with Gasteiger partial charge in [-0.15, -0.1) is 0 Å². The van der Waals surface area contributed by atoms with E-state index in [2.05, 4.69) is 54.6 Å². The maximum Gasteiger partial charge on any atom is 0.0637 e. The fraction of sp³-hybridized carbons (Fsp3) is 0.400. The molecule has 0 spiro atoms. The highest BCUT2D eigenvalue weighted by Gasteiger charge is 2.04. The first-order chi connectivity index (χ1) is 8.65. The third-order valence-electron chi connectivity index (χ3n) is 3.18. The van der Waals surface area contributed by atoms with Gasteiger partial charge in [0.05, 0.1) is 5.69 Å². The minimum absolute atomic E-state index is 0.384. The van der Waals surface area contributed by atoms with Crippen molar-refractivity contribution in [1.29, 1.82) is 0 Å². The zero-order valence-corrected chi connectivity index (χ0v) is 11.4. The van der Waals surface area contributed by atoms with Gasteiger partial charge in [0.1, 0.15) is 0 Å². The molecule has 3 heteroatoms. The van der Waals surface area contributed by atoms with Crippen molar-refractivity contribution in [2.24, 2.45) is 7.05 Å². The van der Waals surface area contributed by atoms with Crippen molar-refractivity contribution in [2.45, 2.75) is 26.3 Å². The maximum absolute atomic E-state index is 4.37. The van der Waals surface area contributed by atoms with Crippen molar-refractivity contribution < 1.29 is 0 Å². The van der Waals surface area contributed by atoms with E-state index < -0.39 is 0 Å². The summed E-state index contributed by atoms with van der Waals surface area (Å²) in [7, 11) is 1.95. The molecule has 0 bridgehead atoms. The van der Waals surface area contributed by atoms with Crippen molar-refractivity contribution in [2.75, 3.05) is 6.54 Å². The molecule has 1 heterocycles. The lowest BCUT2D eigenvalue weighted by Crippen LogP contribution is -2.21. The van der Waals surface area contributed by atoms with Crippen molar-refractivity contribution in [3.63, 3.8) is 0 Å². The largest absolute Gasteiger partial charge is 0.310 e. The molecular weight excluding hydrogens is 222 g/mol. The molecule has 0 amide bonds. The molecule has 2 aromatic rings. The Bertz CT molecular complexity index is 485. The second kappa shape index (κ2) is 5.83. The predicted octanol–water partition coefficient (Wildman–Crippen LogP) is 2.62. The van der Waals surface area contributed by atoms with Gasteiger partial charge in [0.25, 0.3) is 0 Å². The average Bonchev–Trinajstić information content (AvgIpc) is 2.76. The fourth-order valence-electron chi connectivity index (χ4n) is 1.99. The molecule has 0 saturated carbocycles. The van der Waals surface area contributed by atoms with E-state index in [-0.39, 0.29) is 0 Å². The summed E-state index contributed by atoms with van der Waals surface area (Å²) in [5, 5.41) is 7.90. The van der Waals surface area contributed by atoms with Crippen LogP contribution >= 0.6 is 0 Å². The van der Waals surface area contributed by atoms with Crippen LogP contribution in [-0.2, 0) is 13.5 Å². The topological polar surface area (TPSA) is 29.9 Å². The van der Waals surface area contributed by atoms with Gasteiger partial charge in [-0.25, -0.2) is 0 Å². The lowest BCUT2D eigenvalue weighted by molar-refractivity contribution is 0.571. The van der Waals surface area contributed by atoms with Crippen molar-refractivity contribution >= 4 is 0 Å². The second-order valence-electron chi connectivity index (χ2n) is 4.82. The zero-order chi connectivity index (χ0) is 13.0. The molecule has 3 nitrogen and oxygen atoms in total. The molecule has 1 atom stereocenters. The van der Waals surface area contributed by atoms with Crippen LogP contribution in [0.1, 0.15) is 29.8 Å². The monoisotopic (exact) mass is 243 g/mol. The van der Waals surface area contributed by atoms with Gasteiger partial charge < -0.3 is 5.32 Å². The summed E-state index contributed by atoms with van der Waals surface area (Å²) < 4.78 is 1.85. The van der Waals surface area contributed by atoms with Crippen molar-refractivity contribution in [3.05, 3.63) is 53.3 Å². The van der Waals surface area contributed by atoms with Gasteiger partial charge in [-0.05, 0) is 25.5 Å². The summed E-state index contributed by atoms with van der Waals surface area (Å²) in [4.78, 5) is 0. The summed E-state index contributed by atoms with van der Waals surface area (Å²) in [5.74, 6) is 0. The van der Waals surface area contributed by atoms with E-state index in [0.29, 0.717) is 6.04 Å². The van der Waals surface area contributed by atoms with Gasteiger partial charge in [0.15, 0.2) is 0 Å². The number of aromatic nitrogens is 2. The Kier molecular flexibility index (Phi) is 4.15. The van der Waals surface area contributed by atoms with Crippen LogP contribution in [0, 0.1) is 6.92 Å². The quantitative estimate of drug-likeness (QED) is 0.875. The van der Waals surface area contributed by atoms with Crippen LogP contribution < -0.4 is 5.32 Å². The highest BCUT2D eigenvalue weighted by molar-refractivity contribution is 5.23. The number of benzene rings is 1. The first kappa shape index (κ1) is 12.8. The van der Waals surface area contributed by atoms with E-state index in [4.69, 9.17) is 0 Å². The molecule has 0 aliphatic carbocycles. The van der Waals surface area contributed by atoms with Gasteiger partial charge in [0, 0.05) is 32.3 Å². The van der Waals surface area contributed by atoms with Crippen LogP contribution in [0.15, 0.2) is 36.5 Å². The number of rotatable bonds is 5. The Morgan fingerprint density at radius 2 is 1.94 bits per heavy atom. The number of hydrogen-bond acceptors (Lipinski definition) is 2. The van der Waals surface area contributed by atoms with E-state index in [9.17, 15) is 0 Å². The van der Waals surface area contributed by atoms with Crippen LogP contribution in [0.2, 0.25) is 0 Å². The number of nitrogens with one attached hydrogen (secondary N) is 1. The maximum atomic E-state index is 4.37. The first-order valence-corrected chi connectivity index (χ1v) is 6.43. The molecule has 1 aromatic heterocycles. The van der Waals surface area contributed by atoms with Crippen molar-refractivity contribution in [1.82, 2.24) is 15.1 Å². The van der Waals surface area contributed by atoms with Crippen LogP contribution in [0.5, 0.6) is 0 Å². The molecule has 0 aliphatic rings. The van der Waals surface area contributed by atoms with E-state index in [0.717, 1.165) is 18.7 Å². The Hall–Kier alpha value is -1.61. The lowest BCUT2D eigenvalue weighted by atomic mass is 10.1. The molecule has 18 heavy (non-hydrogen) atoms. The Balaban J connectivity index is 1.81. The summed E-state index contributed by atoms with van der Waals surface area (Å²) in [6.07, 6.45) is 2.95. The van der Waals surface area contributed by atoms with Gasteiger partial charge in [-0.1, -0.05) is 29.8 Å². The molecule has 1 unspecified atom stereocenters. The number of aryl methyl sites for hydroxylation is 2. The summed E-state index contributed by atoms with van der Waals surface area (Å²) >= 11 is 0. The van der Waals surface area contributed by atoms with E-state index >= 15 is 0 Å². The van der Waals surface area contributed by atoms with Gasteiger partial charge in [-0.3, -0.25) is 4.68 Å². The molecule has 96 valence electrons. The fourth-order valence-corrected chi connectivity index (χ4v) is 1.99. The first-order valence-electron chi connectivity index (χ1n) is 6.43. The smallest absolute Gasteiger partial charge is 0.0637 e. The predicted molar refractivity (Wildman–Crippen MR) is 74.5 cm³/mol. The summed E-state index contributed by atoms with van der Waals surface area (Å²) in [6, 6.07) is 11.1. The molecule has 2 rings (SSSR count). The lowest BCUT2D eigenvalue weighted by Gasteiger charge is -2.14. The average molecular weight is 243 g/mol. The minimum atomic E-state index is 0.384. The van der Waals surface area contributed by atoms with Crippen LogP contribution in [0.4, 0.5) is 0 Å². The highest BCUT2D eigenvalue weighted by Crippen LogP contribution is 2.12. The van der Waals surface area contributed by atoms with E-state index in [1.54, 1.807) is 0 Å². The minimum Gasteiger partial charge on any atom is -0.310 e. The van der Waals surface area contributed by atoms with Crippen molar-refractivity contribution in [3.8, 4) is 0 Å². The zero-order valence-electron chi connectivity index (χ0n) is 11.4. The third-order valence-corrected chi connectivity index (χ3v) is 3.18. The van der Waals surface area contributed by atoms with E-state index in [1.807, 2.05) is 17.9 Å². The second-order valence-corrected chi connectivity index (χ2v) is 4.82. The molecule has 1 aromatic carbocycles. The Labute approximate surface area is 109 Å². The Morgan fingerprint density at radius 1 is 1.22 bits per heavy atom. The highest BCUT2D eigenvalue weighted by atomic mass is 15.2. The third kappa shape index (κ3) is 3.44. The van der Waals surface area contributed by atoms with Crippen LogP contribution in [-0.4, -0.2) is 16.3 Å². The number of nitrogens with zero attached hydrogens (tertiary/aromatic N) is 2. The molecule has 0 saturated heterocycles. The summed E-state index contributed by atoms with van der Waals surface area (Å²) in [6.45, 7) is 5.26. The Morgan fingerprint density at radius 3 is 2.56 bits per heavy atom.